The SMILES string of the molecule is COC(=O)N[C@@H](CC/C=C/C(=O)N(C)C)C(=O)Cc1cccn(Cc2cc3c(F)cnc(C=C(C)C)c3[nH]2)c1=O. The van der Waals surface area contributed by atoms with Crippen molar-refractivity contribution in [3.05, 3.63) is 81.4 Å². The zero-order chi connectivity index (χ0) is 29.4. The number of pyridine rings is 2. The summed E-state index contributed by atoms with van der Waals surface area (Å²) in [5.41, 5.74) is 2.60. The highest BCUT2D eigenvalue weighted by Gasteiger charge is 2.22. The van der Waals surface area contributed by atoms with Crippen LogP contribution in [0.25, 0.3) is 17.0 Å². The number of aromatic amines is 1. The highest BCUT2D eigenvalue weighted by molar-refractivity contribution is 5.89. The lowest BCUT2D eigenvalue weighted by molar-refractivity contribution is -0.123. The summed E-state index contributed by atoms with van der Waals surface area (Å²) >= 11 is 0. The van der Waals surface area contributed by atoms with Crippen LogP contribution < -0.4 is 10.9 Å². The second-order valence-corrected chi connectivity index (χ2v) is 9.81. The van der Waals surface area contributed by atoms with Crippen LogP contribution in [0.15, 0.2) is 53.1 Å². The Balaban J connectivity index is 1.80. The number of alkyl carbamates (subject to hydrolysis) is 1. The number of amides is 2. The van der Waals surface area contributed by atoms with Crippen LogP contribution in [0, 0.1) is 5.82 Å². The molecule has 0 bridgehead atoms. The first-order chi connectivity index (χ1) is 19.0. The Hall–Kier alpha value is -4.54. The number of nitrogens with one attached hydrogen (secondary N) is 2. The first kappa shape index (κ1) is 30.0. The van der Waals surface area contributed by atoms with E-state index in [2.05, 4.69) is 20.0 Å². The van der Waals surface area contributed by atoms with E-state index in [1.54, 1.807) is 44.6 Å². The van der Waals surface area contributed by atoms with E-state index >= 15 is 0 Å². The normalized spacial score (nSPS) is 11.8. The Bertz CT molecular complexity index is 1510. The van der Waals surface area contributed by atoms with Crippen LogP contribution >= 0.6 is 0 Å². The molecule has 0 radical (unpaired) electrons. The summed E-state index contributed by atoms with van der Waals surface area (Å²) in [6.07, 6.45) is 7.19. The van der Waals surface area contributed by atoms with E-state index in [0.29, 0.717) is 28.7 Å². The molecule has 0 saturated heterocycles. The van der Waals surface area contributed by atoms with Crippen molar-refractivity contribution >= 4 is 34.8 Å². The first-order valence-electron chi connectivity index (χ1n) is 12.7. The van der Waals surface area contributed by atoms with E-state index in [1.165, 1.54) is 28.8 Å². The number of hydrogen-bond donors (Lipinski definition) is 2. The van der Waals surface area contributed by atoms with Gasteiger partial charge in [0.2, 0.25) is 5.91 Å². The van der Waals surface area contributed by atoms with Gasteiger partial charge in [-0.15, -0.1) is 0 Å². The maximum Gasteiger partial charge on any atom is 0.407 e. The molecule has 3 rings (SSSR count). The van der Waals surface area contributed by atoms with E-state index in [-0.39, 0.29) is 42.2 Å². The van der Waals surface area contributed by atoms with Gasteiger partial charge in [0.1, 0.15) is 0 Å². The molecule has 2 amide bonds. The van der Waals surface area contributed by atoms with Crippen LogP contribution in [-0.4, -0.2) is 64.5 Å². The number of hydrogen-bond acceptors (Lipinski definition) is 6. The number of H-pyrrole nitrogens is 1. The molecule has 0 aromatic carbocycles. The quantitative estimate of drug-likeness (QED) is 0.351. The topological polar surface area (TPSA) is 126 Å². The minimum atomic E-state index is -0.919. The van der Waals surface area contributed by atoms with Crippen molar-refractivity contribution in [2.45, 2.75) is 45.7 Å². The van der Waals surface area contributed by atoms with Crippen LogP contribution in [-0.2, 0) is 27.3 Å². The van der Waals surface area contributed by atoms with Crippen molar-refractivity contribution in [3.63, 3.8) is 0 Å². The number of halogens is 1. The molecule has 0 unspecified atom stereocenters. The number of fused-ring (bicyclic) bond motifs is 1. The molecule has 212 valence electrons. The van der Waals surface area contributed by atoms with Gasteiger partial charge in [0, 0.05) is 43.4 Å². The van der Waals surface area contributed by atoms with E-state index in [9.17, 15) is 23.6 Å². The molecule has 0 saturated carbocycles. The van der Waals surface area contributed by atoms with Gasteiger partial charge in [0.15, 0.2) is 11.6 Å². The van der Waals surface area contributed by atoms with E-state index in [0.717, 1.165) is 5.57 Å². The van der Waals surface area contributed by atoms with Gasteiger partial charge in [-0.1, -0.05) is 17.7 Å². The summed E-state index contributed by atoms with van der Waals surface area (Å²) in [5.74, 6) is -1.05. The van der Waals surface area contributed by atoms with Gasteiger partial charge in [-0.25, -0.2) is 9.18 Å². The van der Waals surface area contributed by atoms with Crippen molar-refractivity contribution in [1.29, 1.82) is 0 Å². The Morgan fingerprint density at radius 1 is 1.27 bits per heavy atom. The lowest BCUT2D eigenvalue weighted by Crippen LogP contribution is -2.42. The number of ether oxygens (including phenoxy) is 1. The third-order valence-corrected chi connectivity index (χ3v) is 6.12. The van der Waals surface area contributed by atoms with Gasteiger partial charge in [-0.05, 0) is 51.0 Å². The second-order valence-electron chi connectivity index (χ2n) is 9.81. The maximum atomic E-state index is 14.4. The van der Waals surface area contributed by atoms with Gasteiger partial charge in [-0.2, -0.15) is 0 Å². The average molecular weight is 552 g/mol. The monoisotopic (exact) mass is 551 g/mol. The number of Topliss-reactive ketones (excluding diaryl/α,β-unsaturated/α-hetero) is 1. The van der Waals surface area contributed by atoms with Crippen LogP contribution in [0.1, 0.15) is 43.6 Å². The Labute approximate surface area is 231 Å². The molecule has 3 aromatic rings. The van der Waals surface area contributed by atoms with E-state index < -0.39 is 18.0 Å². The third-order valence-electron chi connectivity index (χ3n) is 6.12. The van der Waals surface area contributed by atoms with Crippen LogP contribution in [0.3, 0.4) is 0 Å². The minimum Gasteiger partial charge on any atom is -0.453 e. The highest BCUT2D eigenvalue weighted by Crippen LogP contribution is 2.23. The first-order valence-corrected chi connectivity index (χ1v) is 12.7. The van der Waals surface area contributed by atoms with E-state index in [4.69, 9.17) is 0 Å². The predicted molar refractivity (Wildman–Crippen MR) is 150 cm³/mol. The molecule has 2 N–H and O–H groups in total. The number of likely N-dealkylation sites (N-methyl/N-ethyl adjacent to an activating group) is 1. The highest BCUT2D eigenvalue weighted by atomic mass is 19.1. The fraction of sp³-hybridized carbons (Fsp3) is 0.345. The summed E-state index contributed by atoms with van der Waals surface area (Å²) in [5, 5.41) is 2.88. The van der Waals surface area contributed by atoms with Gasteiger partial charge < -0.3 is 24.5 Å². The largest absolute Gasteiger partial charge is 0.453 e. The van der Waals surface area contributed by atoms with Crippen molar-refractivity contribution in [2.75, 3.05) is 21.2 Å². The molecule has 0 aliphatic carbocycles. The molecule has 3 aromatic heterocycles. The number of rotatable bonds is 11. The van der Waals surface area contributed by atoms with Crippen LogP contribution in [0.2, 0.25) is 0 Å². The molecular weight excluding hydrogens is 517 g/mol. The molecular formula is C29H34FN5O5. The smallest absolute Gasteiger partial charge is 0.407 e. The van der Waals surface area contributed by atoms with Gasteiger partial charge in [-0.3, -0.25) is 19.4 Å². The Kier molecular flexibility index (Phi) is 10.1. The molecule has 0 aliphatic heterocycles. The summed E-state index contributed by atoms with van der Waals surface area (Å²) in [6.45, 7) is 3.96. The van der Waals surface area contributed by atoms with Crippen LogP contribution in [0.5, 0.6) is 0 Å². The van der Waals surface area contributed by atoms with Crippen molar-refractivity contribution in [1.82, 2.24) is 24.8 Å². The van der Waals surface area contributed by atoms with Gasteiger partial charge in [0.05, 0.1) is 37.1 Å². The number of carbonyl (C=O) groups excluding carboxylic acids is 3. The Morgan fingerprint density at radius 3 is 2.70 bits per heavy atom. The number of methoxy groups -OCH3 is 1. The predicted octanol–water partition coefficient (Wildman–Crippen LogP) is 3.60. The second kappa shape index (κ2) is 13.5. The maximum absolute atomic E-state index is 14.4. The fourth-order valence-corrected chi connectivity index (χ4v) is 4.08. The lowest BCUT2D eigenvalue weighted by Gasteiger charge is -2.16. The van der Waals surface area contributed by atoms with Gasteiger partial charge in [0.25, 0.3) is 5.56 Å². The van der Waals surface area contributed by atoms with Crippen molar-refractivity contribution in [3.8, 4) is 0 Å². The van der Waals surface area contributed by atoms with E-state index in [1.807, 2.05) is 19.9 Å². The summed E-state index contributed by atoms with van der Waals surface area (Å²) in [4.78, 5) is 58.7. The van der Waals surface area contributed by atoms with Crippen LogP contribution in [0.4, 0.5) is 9.18 Å². The molecule has 0 spiro atoms. The summed E-state index contributed by atoms with van der Waals surface area (Å²) < 4.78 is 20.5. The number of ketones is 1. The molecule has 0 fully saturated rings. The number of allylic oxidation sites excluding steroid dienone is 2. The number of carbonyl (C=O) groups is 3. The fourth-order valence-electron chi connectivity index (χ4n) is 4.08. The molecule has 40 heavy (non-hydrogen) atoms. The Morgan fingerprint density at radius 2 is 2.02 bits per heavy atom. The summed E-state index contributed by atoms with van der Waals surface area (Å²) in [6, 6.07) is 3.94. The van der Waals surface area contributed by atoms with Crippen molar-refractivity contribution < 1.29 is 23.5 Å². The molecule has 1 atom stereocenters. The average Bonchev–Trinajstić information content (AvgIpc) is 3.34. The number of nitrogens with zero attached hydrogens (tertiary/aromatic N) is 3. The standard InChI is InChI=1S/C29H34FN5O5/c1-18(2)13-24-27-21(22(30)16-31-24)15-20(32-27)17-35-12-8-9-19(28(35)38)14-25(36)23(33-29(39)40-5)10-6-7-11-26(37)34(3)4/h7-9,11-13,15-16,23,32H,6,10,14,17H2,1-5H3,(H,33,39)/b11-7+/t23-/m0/s1. The zero-order valence-corrected chi connectivity index (χ0v) is 23.3. The third kappa shape index (κ3) is 7.75. The number of aromatic nitrogens is 3. The van der Waals surface area contributed by atoms with Gasteiger partial charge >= 0.3 is 6.09 Å². The minimum absolute atomic E-state index is 0.123. The molecule has 3 heterocycles. The van der Waals surface area contributed by atoms with Crippen molar-refractivity contribution in [2.24, 2.45) is 0 Å². The molecule has 10 nitrogen and oxygen atoms in total. The summed E-state index contributed by atoms with van der Waals surface area (Å²) in [7, 11) is 4.44. The molecule has 0 aliphatic rings. The molecule has 11 heteroatoms. The zero-order valence-electron chi connectivity index (χ0n) is 23.3. The lowest BCUT2D eigenvalue weighted by atomic mass is 10.0.